The van der Waals surface area contributed by atoms with Gasteiger partial charge in [-0.05, 0) is 30.5 Å². The molecule has 1 atom stereocenters. The molecule has 0 heterocycles. The Morgan fingerprint density at radius 1 is 1.37 bits per heavy atom. The zero-order valence-corrected chi connectivity index (χ0v) is 10.8. The molecule has 0 radical (unpaired) electrons. The molecule has 5 heteroatoms. The molecule has 0 spiro atoms. The van der Waals surface area contributed by atoms with Crippen molar-refractivity contribution < 1.29 is 19.4 Å². The van der Waals surface area contributed by atoms with Crippen molar-refractivity contribution >= 4 is 11.9 Å². The standard InChI is InChI=1S/C14H17NO4/c1-19-11-6-2-9(3-7-11)12(8-13(16)17)14(18)15-10-4-5-10/h2-3,6-7,10,12H,4-5,8H2,1H3,(H,15,18)(H,16,17). The lowest BCUT2D eigenvalue weighted by Gasteiger charge is -2.15. The summed E-state index contributed by atoms with van der Waals surface area (Å²) in [6.45, 7) is 0. The Kier molecular flexibility index (Phi) is 4.04. The highest BCUT2D eigenvalue weighted by Crippen LogP contribution is 2.25. The summed E-state index contributed by atoms with van der Waals surface area (Å²) in [5, 5.41) is 11.8. The summed E-state index contributed by atoms with van der Waals surface area (Å²) < 4.78 is 5.05. The molecule has 19 heavy (non-hydrogen) atoms. The zero-order valence-electron chi connectivity index (χ0n) is 10.8. The van der Waals surface area contributed by atoms with E-state index in [0.29, 0.717) is 11.3 Å². The van der Waals surface area contributed by atoms with Crippen LogP contribution >= 0.6 is 0 Å². The summed E-state index contributed by atoms with van der Waals surface area (Å²) in [6.07, 6.45) is 1.76. The maximum absolute atomic E-state index is 12.1. The monoisotopic (exact) mass is 263 g/mol. The van der Waals surface area contributed by atoms with E-state index < -0.39 is 11.9 Å². The van der Waals surface area contributed by atoms with Crippen molar-refractivity contribution in [2.75, 3.05) is 7.11 Å². The first-order valence-electron chi connectivity index (χ1n) is 6.26. The normalized spacial score (nSPS) is 15.6. The van der Waals surface area contributed by atoms with Crippen molar-refractivity contribution in [1.29, 1.82) is 0 Å². The predicted octanol–water partition coefficient (Wildman–Crippen LogP) is 1.53. The van der Waals surface area contributed by atoms with Crippen molar-refractivity contribution in [3.05, 3.63) is 29.8 Å². The zero-order chi connectivity index (χ0) is 13.8. The third kappa shape index (κ3) is 3.71. The Bertz CT molecular complexity index is 465. The van der Waals surface area contributed by atoms with Crippen LogP contribution in [0.1, 0.15) is 30.7 Å². The van der Waals surface area contributed by atoms with Gasteiger partial charge in [0, 0.05) is 6.04 Å². The molecule has 1 aliphatic carbocycles. The molecular formula is C14H17NO4. The van der Waals surface area contributed by atoms with Crippen molar-refractivity contribution in [3.8, 4) is 5.75 Å². The largest absolute Gasteiger partial charge is 0.497 e. The number of carboxylic acid groups (broad SMARTS) is 1. The van der Waals surface area contributed by atoms with Crippen LogP contribution in [-0.2, 0) is 9.59 Å². The summed E-state index contributed by atoms with van der Waals surface area (Å²) in [6, 6.07) is 7.16. The van der Waals surface area contributed by atoms with E-state index in [1.807, 2.05) is 0 Å². The summed E-state index contributed by atoms with van der Waals surface area (Å²) >= 11 is 0. The Balaban J connectivity index is 2.14. The number of carbonyl (C=O) groups excluding carboxylic acids is 1. The maximum atomic E-state index is 12.1. The predicted molar refractivity (Wildman–Crippen MR) is 69.2 cm³/mol. The van der Waals surface area contributed by atoms with Crippen molar-refractivity contribution in [2.45, 2.75) is 31.2 Å². The molecule has 0 bridgehead atoms. The van der Waals surface area contributed by atoms with Crippen LogP contribution in [0.3, 0.4) is 0 Å². The van der Waals surface area contributed by atoms with Gasteiger partial charge in [0.2, 0.25) is 5.91 Å². The topological polar surface area (TPSA) is 75.6 Å². The Hall–Kier alpha value is -2.04. The van der Waals surface area contributed by atoms with Crippen LogP contribution in [0.15, 0.2) is 24.3 Å². The maximum Gasteiger partial charge on any atom is 0.304 e. The number of rotatable bonds is 6. The fourth-order valence-corrected chi connectivity index (χ4v) is 1.90. The molecule has 1 saturated carbocycles. The van der Waals surface area contributed by atoms with Gasteiger partial charge in [-0.3, -0.25) is 9.59 Å². The minimum Gasteiger partial charge on any atom is -0.497 e. The van der Waals surface area contributed by atoms with Gasteiger partial charge in [0.1, 0.15) is 5.75 Å². The van der Waals surface area contributed by atoms with Gasteiger partial charge in [0.15, 0.2) is 0 Å². The lowest BCUT2D eigenvalue weighted by Crippen LogP contribution is -2.32. The molecule has 1 fully saturated rings. The van der Waals surface area contributed by atoms with E-state index >= 15 is 0 Å². The summed E-state index contributed by atoms with van der Waals surface area (Å²) in [5.74, 6) is -1.16. The number of ether oxygens (including phenoxy) is 1. The minimum absolute atomic E-state index is 0.203. The molecule has 1 unspecified atom stereocenters. The third-order valence-electron chi connectivity index (χ3n) is 3.14. The number of hydrogen-bond acceptors (Lipinski definition) is 3. The van der Waals surface area contributed by atoms with Crippen LogP contribution in [0.5, 0.6) is 5.75 Å². The smallest absolute Gasteiger partial charge is 0.304 e. The average molecular weight is 263 g/mol. The molecule has 0 aromatic heterocycles. The quantitative estimate of drug-likeness (QED) is 0.816. The van der Waals surface area contributed by atoms with E-state index in [9.17, 15) is 9.59 Å². The first kappa shape index (κ1) is 13.4. The molecule has 2 rings (SSSR count). The molecule has 5 nitrogen and oxygen atoms in total. The van der Waals surface area contributed by atoms with Gasteiger partial charge in [0.05, 0.1) is 19.4 Å². The van der Waals surface area contributed by atoms with Gasteiger partial charge in [-0.15, -0.1) is 0 Å². The van der Waals surface area contributed by atoms with Crippen LogP contribution < -0.4 is 10.1 Å². The fraction of sp³-hybridized carbons (Fsp3) is 0.429. The number of amides is 1. The lowest BCUT2D eigenvalue weighted by molar-refractivity contribution is -0.139. The molecule has 102 valence electrons. The second-order valence-electron chi connectivity index (χ2n) is 4.71. The number of aliphatic carboxylic acids is 1. The van der Waals surface area contributed by atoms with E-state index in [0.717, 1.165) is 12.8 Å². The number of nitrogens with one attached hydrogen (secondary N) is 1. The van der Waals surface area contributed by atoms with Crippen LogP contribution in [0.25, 0.3) is 0 Å². The first-order chi connectivity index (χ1) is 9.10. The van der Waals surface area contributed by atoms with Crippen molar-refractivity contribution in [3.63, 3.8) is 0 Å². The van der Waals surface area contributed by atoms with E-state index in [4.69, 9.17) is 9.84 Å². The van der Waals surface area contributed by atoms with Gasteiger partial charge >= 0.3 is 5.97 Å². The Morgan fingerprint density at radius 3 is 2.47 bits per heavy atom. The number of carboxylic acids is 1. The van der Waals surface area contributed by atoms with E-state index in [2.05, 4.69) is 5.32 Å². The second-order valence-corrected chi connectivity index (χ2v) is 4.71. The number of benzene rings is 1. The average Bonchev–Trinajstić information content (AvgIpc) is 3.20. The van der Waals surface area contributed by atoms with E-state index in [1.54, 1.807) is 31.4 Å². The highest BCUT2D eigenvalue weighted by molar-refractivity contribution is 5.88. The van der Waals surface area contributed by atoms with Crippen LogP contribution in [0.2, 0.25) is 0 Å². The summed E-state index contributed by atoms with van der Waals surface area (Å²) in [7, 11) is 1.56. The first-order valence-corrected chi connectivity index (χ1v) is 6.26. The molecular weight excluding hydrogens is 246 g/mol. The van der Waals surface area contributed by atoms with E-state index in [1.165, 1.54) is 0 Å². The summed E-state index contributed by atoms with van der Waals surface area (Å²) in [5.41, 5.74) is 0.696. The molecule has 0 saturated heterocycles. The minimum atomic E-state index is -0.980. The SMILES string of the molecule is COc1ccc(C(CC(=O)O)C(=O)NC2CC2)cc1. The lowest BCUT2D eigenvalue weighted by atomic mass is 9.94. The Labute approximate surface area is 111 Å². The number of carbonyl (C=O) groups is 2. The van der Waals surface area contributed by atoms with Crippen LogP contribution in [-0.4, -0.2) is 30.1 Å². The van der Waals surface area contributed by atoms with Gasteiger partial charge in [-0.1, -0.05) is 12.1 Å². The highest BCUT2D eigenvalue weighted by atomic mass is 16.5. The number of methoxy groups -OCH3 is 1. The molecule has 2 N–H and O–H groups in total. The Morgan fingerprint density at radius 2 is 2.00 bits per heavy atom. The second kappa shape index (κ2) is 5.73. The molecule has 1 amide bonds. The summed E-state index contributed by atoms with van der Waals surface area (Å²) in [4.78, 5) is 23.0. The van der Waals surface area contributed by atoms with Crippen LogP contribution in [0, 0.1) is 0 Å². The van der Waals surface area contributed by atoms with Gasteiger partial charge in [-0.2, -0.15) is 0 Å². The number of hydrogen-bond donors (Lipinski definition) is 2. The van der Waals surface area contributed by atoms with E-state index in [-0.39, 0.29) is 18.4 Å². The molecule has 1 aliphatic rings. The van der Waals surface area contributed by atoms with Crippen molar-refractivity contribution in [2.24, 2.45) is 0 Å². The van der Waals surface area contributed by atoms with Crippen LogP contribution in [0.4, 0.5) is 0 Å². The molecule has 1 aromatic rings. The highest BCUT2D eigenvalue weighted by Gasteiger charge is 2.29. The molecule has 1 aromatic carbocycles. The third-order valence-corrected chi connectivity index (χ3v) is 3.14. The van der Waals surface area contributed by atoms with Gasteiger partial charge < -0.3 is 15.2 Å². The van der Waals surface area contributed by atoms with Crippen molar-refractivity contribution in [1.82, 2.24) is 5.32 Å². The fourth-order valence-electron chi connectivity index (χ4n) is 1.90. The van der Waals surface area contributed by atoms with Gasteiger partial charge in [-0.25, -0.2) is 0 Å². The van der Waals surface area contributed by atoms with Gasteiger partial charge in [0.25, 0.3) is 0 Å². The molecule has 0 aliphatic heterocycles.